The van der Waals surface area contributed by atoms with Crippen LogP contribution in [0.15, 0.2) is 71.2 Å². The van der Waals surface area contributed by atoms with Crippen LogP contribution in [0.25, 0.3) is 17.0 Å². The number of imidazole rings is 1. The summed E-state index contributed by atoms with van der Waals surface area (Å²) in [5.41, 5.74) is 3.65. The van der Waals surface area contributed by atoms with Crippen molar-refractivity contribution < 1.29 is 0 Å². The quantitative estimate of drug-likeness (QED) is 0.166. The monoisotopic (exact) mass is 566 g/mol. The van der Waals surface area contributed by atoms with Gasteiger partial charge in [0.1, 0.15) is 5.82 Å². The lowest BCUT2D eigenvalue weighted by Crippen LogP contribution is -2.28. The largest absolute Gasteiger partial charge is 0.326 e. The zero-order valence-electron chi connectivity index (χ0n) is 23.3. The van der Waals surface area contributed by atoms with Crippen LogP contribution in [0.2, 0.25) is 10.0 Å². The smallest absolute Gasteiger partial charge is 0.221 e. The molecule has 0 amide bonds. The van der Waals surface area contributed by atoms with Crippen molar-refractivity contribution in [2.24, 2.45) is 15.9 Å². The topological polar surface area (TPSA) is 66.6 Å². The Morgan fingerprint density at radius 1 is 1.23 bits per heavy atom. The van der Waals surface area contributed by atoms with Crippen LogP contribution in [-0.4, -0.2) is 41.9 Å². The Morgan fingerprint density at radius 2 is 2.00 bits per heavy atom. The maximum Gasteiger partial charge on any atom is 0.221 e. The highest BCUT2D eigenvalue weighted by Crippen LogP contribution is 2.36. The van der Waals surface area contributed by atoms with Gasteiger partial charge in [0.15, 0.2) is 0 Å². The Kier molecular flexibility index (Phi) is 12.2. The van der Waals surface area contributed by atoms with E-state index in [1.807, 2.05) is 49.4 Å². The van der Waals surface area contributed by atoms with E-state index in [9.17, 15) is 0 Å². The summed E-state index contributed by atoms with van der Waals surface area (Å²) < 4.78 is 2.36. The van der Waals surface area contributed by atoms with Crippen LogP contribution in [0.1, 0.15) is 57.5 Å². The Labute approximate surface area is 243 Å². The normalized spacial score (nSPS) is 16.2. The summed E-state index contributed by atoms with van der Waals surface area (Å²) in [6, 6.07) is 5.69. The molecule has 208 valence electrons. The third-order valence-corrected chi connectivity index (χ3v) is 7.35. The van der Waals surface area contributed by atoms with E-state index < -0.39 is 0 Å². The summed E-state index contributed by atoms with van der Waals surface area (Å²) in [5, 5.41) is 7.95. The van der Waals surface area contributed by atoms with Gasteiger partial charge in [0.2, 0.25) is 5.96 Å². The van der Waals surface area contributed by atoms with Gasteiger partial charge in [-0.2, -0.15) is 0 Å². The van der Waals surface area contributed by atoms with Gasteiger partial charge in [0.05, 0.1) is 27.1 Å². The molecule has 2 N–H and O–H groups in total. The lowest BCUT2D eigenvalue weighted by Gasteiger charge is -2.24. The van der Waals surface area contributed by atoms with E-state index in [1.165, 1.54) is 0 Å². The number of aromatic nitrogens is 2. The SMILES string of the molecule is C=C/C=C\C=C/C(C)CN=C(N=C)N/C(=C\C)c1c(-c2ccc(Cl)c(Cl)c2)nc(C2CCNCC2)n1CCC. The highest BCUT2D eigenvalue weighted by atomic mass is 35.5. The first kappa shape index (κ1) is 30.6. The lowest BCUT2D eigenvalue weighted by atomic mass is 9.97. The standard InChI is InChI=1S/C31H40Cl2N6/c1-6-9-10-11-12-22(4)21-36-31(34-5)37-27(8-3)29-28(24-13-14-25(32)26(33)20-24)38-30(39(29)19-7-2)23-15-17-35-18-16-23/h6,8-14,20,22-23,35H,1,5,7,15-19,21H2,2-4H3,(H,36,37)/b10-9-,12-11-,27-8-. The van der Waals surface area contributed by atoms with Gasteiger partial charge in [-0.3, -0.25) is 4.99 Å². The molecule has 1 aliphatic heterocycles. The summed E-state index contributed by atoms with van der Waals surface area (Å²) in [6.07, 6.45) is 14.8. The molecule has 1 unspecified atom stereocenters. The predicted octanol–water partition coefficient (Wildman–Crippen LogP) is 7.68. The summed E-state index contributed by atoms with van der Waals surface area (Å²) >= 11 is 12.7. The van der Waals surface area contributed by atoms with E-state index in [1.54, 1.807) is 6.08 Å². The van der Waals surface area contributed by atoms with E-state index in [0.717, 1.165) is 67.4 Å². The van der Waals surface area contributed by atoms with Gasteiger partial charge in [-0.15, -0.1) is 0 Å². The molecule has 1 aromatic heterocycles. The van der Waals surface area contributed by atoms with Crippen LogP contribution >= 0.6 is 23.2 Å². The van der Waals surface area contributed by atoms with E-state index in [0.29, 0.717) is 28.5 Å². The number of nitrogens with zero attached hydrogens (tertiary/aromatic N) is 4. The molecule has 0 bridgehead atoms. The summed E-state index contributed by atoms with van der Waals surface area (Å²) in [4.78, 5) is 14.2. The van der Waals surface area contributed by atoms with Crippen LogP contribution in [0.4, 0.5) is 0 Å². The second-order valence-corrected chi connectivity index (χ2v) is 10.4. The van der Waals surface area contributed by atoms with Gasteiger partial charge in [-0.05, 0) is 64.0 Å². The second kappa shape index (κ2) is 15.6. The van der Waals surface area contributed by atoms with E-state index in [-0.39, 0.29) is 5.92 Å². The molecular weight excluding hydrogens is 527 g/mol. The van der Waals surface area contributed by atoms with Crippen LogP contribution in [0.5, 0.6) is 0 Å². The number of rotatable bonds is 11. The molecule has 0 radical (unpaired) electrons. The molecule has 3 rings (SSSR count). The summed E-state index contributed by atoms with van der Waals surface area (Å²) in [6.45, 7) is 17.2. The van der Waals surface area contributed by atoms with Crippen molar-refractivity contribution in [2.45, 2.75) is 52.5 Å². The fraction of sp³-hybridized carbons (Fsp3) is 0.387. The van der Waals surface area contributed by atoms with Gasteiger partial charge in [0.25, 0.3) is 0 Å². The Hall–Kier alpha value is -2.93. The van der Waals surface area contributed by atoms with Crippen LogP contribution in [0, 0.1) is 5.92 Å². The van der Waals surface area contributed by atoms with Gasteiger partial charge < -0.3 is 15.2 Å². The van der Waals surface area contributed by atoms with Crippen LogP contribution in [-0.2, 0) is 6.54 Å². The predicted molar refractivity (Wildman–Crippen MR) is 169 cm³/mol. The molecule has 0 spiro atoms. The first-order chi connectivity index (χ1) is 18.9. The first-order valence-corrected chi connectivity index (χ1v) is 14.4. The maximum atomic E-state index is 6.46. The highest BCUT2D eigenvalue weighted by Gasteiger charge is 2.27. The Balaban J connectivity index is 2.04. The van der Waals surface area contributed by atoms with E-state index >= 15 is 0 Å². The molecule has 0 saturated carbocycles. The lowest BCUT2D eigenvalue weighted by molar-refractivity contribution is 0.428. The van der Waals surface area contributed by atoms with Gasteiger partial charge in [-0.1, -0.05) is 86.2 Å². The van der Waals surface area contributed by atoms with Crippen molar-refractivity contribution in [1.82, 2.24) is 20.2 Å². The van der Waals surface area contributed by atoms with Crippen molar-refractivity contribution >= 4 is 41.6 Å². The minimum Gasteiger partial charge on any atom is -0.326 e. The number of piperidine rings is 1. The molecule has 2 heterocycles. The number of hydrogen-bond donors (Lipinski definition) is 2. The molecule has 1 atom stereocenters. The number of hydrogen-bond acceptors (Lipinski definition) is 3. The molecule has 1 saturated heterocycles. The third-order valence-electron chi connectivity index (χ3n) is 6.61. The second-order valence-electron chi connectivity index (χ2n) is 9.60. The molecule has 1 aliphatic rings. The van der Waals surface area contributed by atoms with E-state index in [2.05, 4.69) is 53.4 Å². The fourth-order valence-corrected chi connectivity index (χ4v) is 4.93. The minimum atomic E-state index is 0.232. The average molecular weight is 568 g/mol. The van der Waals surface area contributed by atoms with Crippen molar-refractivity contribution in [1.29, 1.82) is 0 Å². The number of halogens is 2. The first-order valence-electron chi connectivity index (χ1n) is 13.6. The number of aliphatic imine (C=N–C) groups is 2. The van der Waals surface area contributed by atoms with E-state index in [4.69, 9.17) is 33.2 Å². The molecule has 0 aliphatic carbocycles. The van der Waals surface area contributed by atoms with Crippen molar-refractivity contribution in [3.8, 4) is 11.3 Å². The van der Waals surface area contributed by atoms with Crippen LogP contribution in [0.3, 0.4) is 0 Å². The zero-order valence-corrected chi connectivity index (χ0v) is 24.8. The Morgan fingerprint density at radius 3 is 2.64 bits per heavy atom. The molecular formula is C31H40Cl2N6. The minimum absolute atomic E-state index is 0.232. The molecule has 6 nitrogen and oxygen atoms in total. The summed E-state index contributed by atoms with van der Waals surface area (Å²) in [5.74, 6) is 2.18. The fourth-order valence-electron chi connectivity index (χ4n) is 4.64. The zero-order chi connectivity index (χ0) is 28.2. The molecule has 39 heavy (non-hydrogen) atoms. The van der Waals surface area contributed by atoms with Gasteiger partial charge in [-0.25, -0.2) is 9.98 Å². The number of nitrogens with one attached hydrogen (secondary N) is 2. The number of guanidine groups is 1. The van der Waals surface area contributed by atoms with Crippen molar-refractivity contribution in [2.75, 3.05) is 19.6 Å². The van der Waals surface area contributed by atoms with Crippen molar-refractivity contribution in [3.05, 3.63) is 82.8 Å². The summed E-state index contributed by atoms with van der Waals surface area (Å²) in [7, 11) is 0. The highest BCUT2D eigenvalue weighted by molar-refractivity contribution is 6.42. The Bertz CT molecular complexity index is 1250. The maximum absolute atomic E-state index is 6.46. The number of benzene rings is 1. The third kappa shape index (κ3) is 8.28. The number of allylic oxidation sites excluding steroid dienone is 5. The molecule has 1 fully saturated rings. The molecule has 1 aromatic carbocycles. The van der Waals surface area contributed by atoms with Crippen molar-refractivity contribution in [3.63, 3.8) is 0 Å². The van der Waals surface area contributed by atoms with Crippen LogP contribution < -0.4 is 10.6 Å². The molecule has 2 aromatic rings. The average Bonchev–Trinajstić information content (AvgIpc) is 3.32. The molecule has 8 heteroatoms. The van der Waals surface area contributed by atoms with Gasteiger partial charge >= 0.3 is 0 Å². The van der Waals surface area contributed by atoms with Gasteiger partial charge in [0, 0.05) is 24.6 Å².